The van der Waals surface area contributed by atoms with Gasteiger partial charge >= 0.3 is 12.2 Å². The summed E-state index contributed by atoms with van der Waals surface area (Å²) in [6, 6.07) is 9.08. The maximum absolute atomic E-state index is 12.8. The molecule has 1 heterocycles. The number of halogens is 3. The number of carbonyl (C=O) groups is 1. The SMILES string of the molecule is O=C(Nc1cc(C(F)(F)F)c[nH]c1=O)NC(c1ccccc1)C1CCCC1. The minimum Gasteiger partial charge on any atom is -0.331 e. The van der Waals surface area contributed by atoms with Gasteiger partial charge in [0.1, 0.15) is 5.69 Å². The van der Waals surface area contributed by atoms with Gasteiger partial charge in [-0.2, -0.15) is 13.2 Å². The van der Waals surface area contributed by atoms with Crippen molar-refractivity contribution in [3.8, 4) is 0 Å². The third-order valence-electron chi connectivity index (χ3n) is 4.80. The minimum atomic E-state index is -4.62. The molecule has 1 atom stereocenters. The summed E-state index contributed by atoms with van der Waals surface area (Å²) in [5.41, 5.74) is -1.35. The lowest BCUT2D eigenvalue weighted by atomic mass is 9.92. The topological polar surface area (TPSA) is 74.0 Å². The number of hydrogen-bond donors (Lipinski definition) is 3. The predicted octanol–water partition coefficient (Wildman–Crippen LogP) is 4.45. The van der Waals surface area contributed by atoms with Crippen LogP contribution < -0.4 is 16.2 Å². The first-order chi connectivity index (χ1) is 12.8. The Morgan fingerprint density at radius 3 is 2.44 bits per heavy atom. The number of rotatable bonds is 4. The van der Waals surface area contributed by atoms with E-state index in [-0.39, 0.29) is 12.0 Å². The Kier molecular flexibility index (Phi) is 5.53. The number of pyridine rings is 1. The lowest BCUT2D eigenvalue weighted by Gasteiger charge is -2.25. The molecule has 0 saturated heterocycles. The Hall–Kier alpha value is -2.77. The number of urea groups is 1. The summed E-state index contributed by atoms with van der Waals surface area (Å²) in [6.45, 7) is 0. The van der Waals surface area contributed by atoms with Gasteiger partial charge in [0.25, 0.3) is 5.56 Å². The van der Waals surface area contributed by atoms with Crippen LogP contribution in [0.2, 0.25) is 0 Å². The third-order valence-corrected chi connectivity index (χ3v) is 4.80. The molecule has 27 heavy (non-hydrogen) atoms. The van der Waals surface area contributed by atoms with E-state index in [9.17, 15) is 22.8 Å². The van der Waals surface area contributed by atoms with Crippen molar-refractivity contribution in [2.24, 2.45) is 5.92 Å². The van der Waals surface area contributed by atoms with Crippen molar-refractivity contribution in [1.82, 2.24) is 10.3 Å². The maximum atomic E-state index is 12.8. The molecule has 1 aliphatic rings. The highest BCUT2D eigenvalue weighted by molar-refractivity contribution is 5.89. The minimum absolute atomic E-state index is 0.248. The number of hydrogen-bond acceptors (Lipinski definition) is 2. The van der Waals surface area contributed by atoms with Crippen LogP contribution in [0.15, 0.2) is 47.4 Å². The van der Waals surface area contributed by atoms with Crippen molar-refractivity contribution in [1.29, 1.82) is 0 Å². The number of H-pyrrole nitrogens is 1. The van der Waals surface area contributed by atoms with E-state index >= 15 is 0 Å². The molecule has 0 aliphatic heterocycles. The van der Waals surface area contributed by atoms with E-state index in [2.05, 4.69) is 10.6 Å². The molecular weight excluding hydrogens is 359 g/mol. The number of amides is 2. The van der Waals surface area contributed by atoms with E-state index in [0.717, 1.165) is 31.2 Å². The van der Waals surface area contributed by atoms with E-state index < -0.39 is 29.0 Å². The molecule has 1 unspecified atom stereocenters. The molecule has 3 rings (SSSR count). The largest absolute Gasteiger partial charge is 0.417 e. The van der Waals surface area contributed by atoms with Crippen LogP contribution in [0.3, 0.4) is 0 Å². The van der Waals surface area contributed by atoms with Gasteiger partial charge in [-0.1, -0.05) is 43.2 Å². The van der Waals surface area contributed by atoms with Crippen LogP contribution in [0.1, 0.15) is 42.9 Å². The number of carbonyl (C=O) groups excluding carboxylic acids is 1. The zero-order valence-corrected chi connectivity index (χ0v) is 14.5. The molecule has 8 heteroatoms. The standard InChI is InChI=1S/C19H20F3N3O2/c20-19(21,22)14-10-15(17(26)23-11-14)24-18(27)25-16(13-8-4-5-9-13)12-6-2-1-3-7-12/h1-3,6-7,10-11,13,16H,4-5,8-9H2,(H,23,26)(H2,24,25,27). The molecule has 1 aromatic carbocycles. The van der Waals surface area contributed by atoms with Gasteiger partial charge in [0.15, 0.2) is 0 Å². The zero-order chi connectivity index (χ0) is 19.4. The fraction of sp³-hybridized carbons (Fsp3) is 0.368. The first kappa shape index (κ1) is 19.0. The van der Waals surface area contributed by atoms with Crippen LogP contribution in [0.25, 0.3) is 0 Å². The molecular formula is C19H20F3N3O2. The van der Waals surface area contributed by atoms with Crippen molar-refractivity contribution < 1.29 is 18.0 Å². The van der Waals surface area contributed by atoms with Crippen LogP contribution in [0.5, 0.6) is 0 Å². The summed E-state index contributed by atoms with van der Waals surface area (Å²) < 4.78 is 38.5. The Bertz CT molecular complexity index is 843. The van der Waals surface area contributed by atoms with Crippen LogP contribution >= 0.6 is 0 Å². The number of benzene rings is 1. The molecule has 0 radical (unpaired) electrons. The average Bonchev–Trinajstić information content (AvgIpc) is 3.16. The second kappa shape index (κ2) is 7.85. The zero-order valence-electron chi connectivity index (χ0n) is 14.5. The lowest BCUT2D eigenvalue weighted by molar-refractivity contribution is -0.137. The van der Waals surface area contributed by atoms with Gasteiger partial charge in [-0.25, -0.2) is 4.79 Å². The second-order valence-corrected chi connectivity index (χ2v) is 6.66. The summed E-state index contributed by atoms with van der Waals surface area (Å²) in [5, 5.41) is 5.08. The molecule has 1 saturated carbocycles. The molecule has 2 aromatic rings. The third kappa shape index (κ3) is 4.69. The highest BCUT2D eigenvalue weighted by Gasteiger charge is 2.32. The summed E-state index contributed by atoms with van der Waals surface area (Å²) in [4.78, 5) is 26.2. The molecule has 144 valence electrons. The Labute approximate surface area is 154 Å². The smallest absolute Gasteiger partial charge is 0.331 e. The number of nitrogens with one attached hydrogen (secondary N) is 3. The predicted molar refractivity (Wildman–Crippen MR) is 95.4 cm³/mol. The maximum Gasteiger partial charge on any atom is 0.417 e. The Morgan fingerprint density at radius 2 is 1.81 bits per heavy atom. The summed E-state index contributed by atoms with van der Waals surface area (Å²) in [7, 11) is 0. The van der Waals surface area contributed by atoms with Gasteiger partial charge in [-0.3, -0.25) is 4.79 Å². The van der Waals surface area contributed by atoms with Crippen LogP contribution in [-0.2, 0) is 6.18 Å². The fourth-order valence-corrected chi connectivity index (χ4v) is 3.46. The Morgan fingerprint density at radius 1 is 1.15 bits per heavy atom. The first-order valence-corrected chi connectivity index (χ1v) is 8.77. The van der Waals surface area contributed by atoms with Crippen LogP contribution in [0.4, 0.5) is 23.7 Å². The lowest BCUT2D eigenvalue weighted by Crippen LogP contribution is -2.37. The number of anilines is 1. The molecule has 1 aliphatic carbocycles. The van der Waals surface area contributed by atoms with Gasteiger partial charge < -0.3 is 15.6 Å². The highest BCUT2D eigenvalue weighted by atomic mass is 19.4. The van der Waals surface area contributed by atoms with Crippen LogP contribution in [0, 0.1) is 5.92 Å². The number of aromatic nitrogens is 1. The van der Waals surface area contributed by atoms with E-state index in [1.165, 1.54) is 0 Å². The van der Waals surface area contributed by atoms with Gasteiger partial charge in [-0.15, -0.1) is 0 Å². The van der Waals surface area contributed by atoms with E-state index in [4.69, 9.17) is 0 Å². The summed E-state index contributed by atoms with van der Waals surface area (Å²) in [5.74, 6) is 0.248. The first-order valence-electron chi connectivity index (χ1n) is 8.77. The van der Waals surface area contributed by atoms with Crippen molar-refractivity contribution in [2.75, 3.05) is 5.32 Å². The summed E-state index contributed by atoms with van der Waals surface area (Å²) in [6.07, 6.45) is 0.0351. The molecule has 2 amide bonds. The van der Waals surface area contributed by atoms with Crippen molar-refractivity contribution in [3.05, 3.63) is 64.1 Å². The van der Waals surface area contributed by atoms with Gasteiger partial charge in [0.05, 0.1) is 11.6 Å². The van der Waals surface area contributed by atoms with Gasteiger partial charge in [0.2, 0.25) is 0 Å². The quantitative estimate of drug-likeness (QED) is 0.734. The summed E-state index contributed by atoms with van der Waals surface area (Å²) >= 11 is 0. The van der Waals surface area contributed by atoms with Crippen LogP contribution in [-0.4, -0.2) is 11.0 Å². The van der Waals surface area contributed by atoms with E-state index in [1.807, 2.05) is 35.3 Å². The molecule has 3 N–H and O–H groups in total. The fourth-order valence-electron chi connectivity index (χ4n) is 3.46. The average molecular weight is 379 g/mol. The Balaban J connectivity index is 1.78. The number of alkyl halides is 3. The van der Waals surface area contributed by atoms with E-state index in [1.54, 1.807) is 0 Å². The molecule has 5 nitrogen and oxygen atoms in total. The molecule has 0 bridgehead atoms. The van der Waals surface area contributed by atoms with Crippen molar-refractivity contribution in [3.63, 3.8) is 0 Å². The number of aromatic amines is 1. The van der Waals surface area contributed by atoms with Gasteiger partial charge in [0, 0.05) is 6.20 Å². The monoisotopic (exact) mass is 379 g/mol. The normalized spacial score (nSPS) is 16.1. The van der Waals surface area contributed by atoms with Crippen molar-refractivity contribution in [2.45, 2.75) is 37.9 Å². The second-order valence-electron chi connectivity index (χ2n) is 6.66. The van der Waals surface area contributed by atoms with Crippen molar-refractivity contribution >= 4 is 11.7 Å². The molecule has 1 fully saturated rings. The molecule has 1 aromatic heterocycles. The van der Waals surface area contributed by atoms with Gasteiger partial charge in [-0.05, 0) is 30.4 Å². The highest BCUT2D eigenvalue weighted by Crippen LogP contribution is 2.35. The van der Waals surface area contributed by atoms with E-state index in [0.29, 0.717) is 12.3 Å². The molecule has 0 spiro atoms.